The van der Waals surface area contributed by atoms with Gasteiger partial charge >= 0.3 is 6.18 Å². The molecule has 0 aliphatic carbocycles. The minimum atomic E-state index is -4.71. The highest BCUT2D eigenvalue weighted by Crippen LogP contribution is 2.27. The van der Waals surface area contributed by atoms with Crippen molar-refractivity contribution in [3.05, 3.63) is 17.6 Å². The number of carbonyl (C=O) groups excluding carboxylic acids is 1. The lowest BCUT2D eigenvalue weighted by Crippen LogP contribution is -2.47. The molecule has 2 N–H and O–H groups in total. The second kappa shape index (κ2) is 6.34. The molecule has 1 aliphatic heterocycles. The number of aromatic nitrogens is 2. The van der Waals surface area contributed by atoms with Crippen molar-refractivity contribution in [1.82, 2.24) is 14.9 Å². The predicted molar refractivity (Wildman–Crippen MR) is 66.6 cm³/mol. The zero-order valence-electron chi connectivity index (χ0n) is 11.4. The number of carbonyl (C=O) groups is 1. The Bertz CT molecular complexity index is 545. The number of aliphatic hydroxyl groups excluding tert-OH is 1. The van der Waals surface area contributed by atoms with E-state index in [-0.39, 0.29) is 30.6 Å². The van der Waals surface area contributed by atoms with Crippen LogP contribution in [0.4, 0.5) is 23.8 Å². The summed E-state index contributed by atoms with van der Waals surface area (Å²) in [5.74, 6) is -1.37. The molecule has 0 spiro atoms. The third kappa shape index (κ3) is 3.97. The fraction of sp³-hybridized carbons (Fsp3) is 0.583. The van der Waals surface area contributed by atoms with E-state index in [1.54, 1.807) is 0 Å². The number of aliphatic hydroxyl groups is 1. The minimum Gasteiger partial charge on any atom is -0.530 e. The Kier molecular flexibility index (Phi) is 4.69. The Morgan fingerprint density at radius 2 is 2.05 bits per heavy atom. The van der Waals surface area contributed by atoms with Crippen molar-refractivity contribution in [3.63, 3.8) is 0 Å². The number of nitrogens with one attached hydrogen (secondary N) is 1. The van der Waals surface area contributed by atoms with Gasteiger partial charge < -0.3 is 25.2 Å². The second-order valence-corrected chi connectivity index (χ2v) is 4.90. The van der Waals surface area contributed by atoms with E-state index in [0.717, 1.165) is 4.90 Å². The van der Waals surface area contributed by atoms with Gasteiger partial charge in [0.1, 0.15) is 11.9 Å². The van der Waals surface area contributed by atoms with Gasteiger partial charge in [0.25, 0.3) is 0 Å². The number of halogens is 3. The predicted octanol–water partition coefficient (Wildman–Crippen LogP) is 0.207. The van der Waals surface area contributed by atoms with Crippen LogP contribution in [0.3, 0.4) is 0 Å². The minimum absolute atomic E-state index is 0.0433. The van der Waals surface area contributed by atoms with Crippen molar-refractivity contribution >= 4 is 11.9 Å². The first-order valence-corrected chi connectivity index (χ1v) is 6.58. The first-order chi connectivity index (χ1) is 10.3. The van der Waals surface area contributed by atoms with E-state index in [1.165, 1.54) is 6.07 Å². The number of anilines is 1. The zero-order valence-corrected chi connectivity index (χ0v) is 11.4. The molecule has 1 fully saturated rings. The Morgan fingerprint density at radius 3 is 2.55 bits per heavy atom. The molecule has 0 unspecified atom stereocenters. The van der Waals surface area contributed by atoms with Gasteiger partial charge in [0.15, 0.2) is 0 Å². The van der Waals surface area contributed by atoms with Gasteiger partial charge in [-0.15, -0.1) is 0 Å². The monoisotopic (exact) mass is 319 g/mol. The fourth-order valence-corrected chi connectivity index (χ4v) is 2.19. The average Bonchev–Trinajstić information content (AvgIpc) is 2.46. The maximum absolute atomic E-state index is 12.7. The molecule has 1 aliphatic rings. The lowest BCUT2D eigenvalue weighted by atomic mass is 10.1. The van der Waals surface area contributed by atoms with Crippen LogP contribution in [0.1, 0.15) is 24.4 Å². The molecule has 0 saturated carbocycles. The molecule has 0 bridgehead atoms. The van der Waals surface area contributed by atoms with Crippen molar-refractivity contribution in [2.75, 3.05) is 18.4 Å². The van der Waals surface area contributed by atoms with Gasteiger partial charge in [-0.3, -0.25) is 0 Å². The second-order valence-electron chi connectivity index (χ2n) is 4.90. The van der Waals surface area contributed by atoms with Crippen LogP contribution < -0.4 is 10.4 Å². The van der Waals surface area contributed by atoms with E-state index in [9.17, 15) is 23.1 Å². The number of piperidine rings is 1. The Balaban J connectivity index is 2.08. The largest absolute Gasteiger partial charge is 0.530 e. The zero-order chi connectivity index (χ0) is 16.3. The Hall–Kier alpha value is -2.10. The van der Waals surface area contributed by atoms with Gasteiger partial charge in [-0.25, -0.2) is 9.97 Å². The highest BCUT2D eigenvalue weighted by molar-refractivity contribution is 5.62. The van der Waals surface area contributed by atoms with Crippen LogP contribution in [-0.4, -0.2) is 45.2 Å². The Labute approximate surface area is 123 Å². The van der Waals surface area contributed by atoms with Crippen molar-refractivity contribution in [1.29, 1.82) is 0 Å². The molecule has 1 aromatic rings. The lowest BCUT2D eigenvalue weighted by molar-refractivity contribution is -0.266. The van der Waals surface area contributed by atoms with E-state index in [0.29, 0.717) is 12.8 Å². The number of hydrogen-bond donors (Lipinski definition) is 2. The lowest BCUT2D eigenvalue weighted by Gasteiger charge is -2.34. The molecule has 10 heteroatoms. The average molecular weight is 319 g/mol. The molecule has 22 heavy (non-hydrogen) atoms. The van der Waals surface area contributed by atoms with Crippen LogP contribution in [0.25, 0.3) is 0 Å². The molecule has 0 aromatic carbocycles. The summed E-state index contributed by atoms with van der Waals surface area (Å²) >= 11 is 0. The summed E-state index contributed by atoms with van der Waals surface area (Å²) in [7, 11) is 0. The normalized spacial score (nSPS) is 16.6. The molecule has 1 aromatic heterocycles. The number of rotatable bonds is 3. The van der Waals surface area contributed by atoms with E-state index in [4.69, 9.17) is 5.11 Å². The summed E-state index contributed by atoms with van der Waals surface area (Å²) in [5.41, 5.74) is -0.142. The molecule has 2 heterocycles. The fourth-order valence-electron chi connectivity index (χ4n) is 2.19. The number of likely N-dealkylation sites (tertiary alicyclic amines) is 1. The number of alkyl halides is 3. The maximum atomic E-state index is 12.7. The standard InChI is InChI=1S/C12H15F3N4O3/c13-12(14,15)10-17-8(6-20)5-9(18-10)16-7-1-3-19(4-2-7)11(21)22/h5,7,20H,1-4,6H2,(H,21,22)(H,16,17,18)/p-1. The van der Waals surface area contributed by atoms with Crippen LogP contribution >= 0.6 is 0 Å². The summed E-state index contributed by atoms with van der Waals surface area (Å²) in [4.78, 5) is 18.4. The molecule has 0 radical (unpaired) electrons. The highest BCUT2D eigenvalue weighted by Gasteiger charge is 2.35. The van der Waals surface area contributed by atoms with E-state index in [2.05, 4.69) is 15.3 Å². The van der Waals surface area contributed by atoms with E-state index < -0.39 is 24.7 Å². The van der Waals surface area contributed by atoms with Crippen molar-refractivity contribution in [2.45, 2.75) is 31.7 Å². The molecule has 2 rings (SSSR count). The van der Waals surface area contributed by atoms with Crippen LogP contribution in [0, 0.1) is 0 Å². The third-order valence-corrected chi connectivity index (χ3v) is 3.30. The van der Waals surface area contributed by atoms with Crippen LogP contribution in [0.5, 0.6) is 0 Å². The smallest absolute Gasteiger partial charge is 0.451 e. The summed E-state index contributed by atoms with van der Waals surface area (Å²) in [6.07, 6.45) is -5.12. The van der Waals surface area contributed by atoms with Gasteiger partial charge in [-0.05, 0) is 12.8 Å². The summed E-state index contributed by atoms with van der Waals surface area (Å²) in [6.45, 7) is -0.155. The van der Waals surface area contributed by atoms with Crippen LogP contribution in [0.15, 0.2) is 6.07 Å². The first-order valence-electron chi connectivity index (χ1n) is 6.58. The van der Waals surface area contributed by atoms with Gasteiger partial charge in [0.2, 0.25) is 5.82 Å². The maximum Gasteiger partial charge on any atom is 0.451 e. The van der Waals surface area contributed by atoms with Gasteiger partial charge in [0, 0.05) is 25.2 Å². The summed E-state index contributed by atoms with van der Waals surface area (Å²) in [5, 5.41) is 22.5. The molecular formula is C12H14F3N4O3-. The van der Waals surface area contributed by atoms with Gasteiger partial charge in [-0.1, -0.05) is 0 Å². The van der Waals surface area contributed by atoms with Gasteiger partial charge in [0.05, 0.1) is 12.3 Å². The number of hydrogen-bond acceptors (Lipinski definition) is 6. The molecule has 7 nitrogen and oxygen atoms in total. The molecule has 0 atom stereocenters. The molecular weight excluding hydrogens is 305 g/mol. The number of carboxylic acid groups (broad SMARTS) is 1. The van der Waals surface area contributed by atoms with Gasteiger partial charge in [-0.2, -0.15) is 13.2 Å². The summed E-state index contributed by atoms with van der Waals surface area (Å²) < 4.78 is 38.1. The third-order valence-electron chi connectivity index (χ3n) is 3.30. The van der Waals surface area contributed by atoms with Crippen molar-refractivity contribution in [2.24, 2.45) is 0 Å². The SMILES string of the molecule is O=C([O-])N1CCC(Nc2cc(CO)nc(C(F)(F)F)n2)CC1. The molecule has 1 amide bonds. The molecule has 1 saturated heterocycles. The Morgan fingerprint density at radius 1 is 1.41 bits per heavy atom. The highest BCUT2D eigenvalue weighted by atomic mass is 19.4. The first kappa shape index (κ1) is 16.3. The summed E-state index contributed by atoms with van der Waals surface area (Å²) in [6, 6.07) is 1.03. The van der Waals surface area contributed by atoms with Crippen LogP contribution in [-0.2, 0) is 12.8 Å². The number of amides is 1. The molecule has 122 valence electrons. The van der Waals surface area contributed by atoms with Crippen LogP contribution in [0.2, 0.25) is 0 Å². The van der Waals surface area contributed by atoms with E-state index >= 15 is 0 Å². The van der Waals surface area contributed by atoms with E-state index in [1.807, 2.05) is 0 Å². The quantitative estimate of drug-likeness (QED) is 0.826. The van der Waals surface area contributed by atoms with Crippen molar-refractivity contribution in [3.8, 4) is 0 Å². The van der Waals surface area contributed by atoms with Crippen molar-refractivity contribution < 1.29 is 28.2 Å². The number of nitrogens with zero attached hydrogens (tertiary/aromatic N) is 3. The topological polar surface area (TPSA) is 101 Å².